The highest BCUT2D eigenvalue weighted by molar-refractivity contribution is 7.19. The molecule has 0 spiro atoms. The number of hydrogen-bond donors (Lipinski definition) is 1. The molecule has 8 heteroatoms. The largest absolute Gasteiger partial charge is 0.497 e. The van der Waals surface area contributed by atoms with E-state index in [1.54, 1.807) is 7.11 Å². The summed E-state index contributed by atoms with van der Waals surface area (Å²) in [5.41, 5.74) is 2.81. The number of rotatable bonds is 4. The van der Waals surface area contributed by atoms with Crippen LogP contribution in [-0.2, 0) is 0 Å². The topological polar surface area (TPSA) is 81.0 Å². The van der Waals surface area contributed by atoms with Gasteiger partial charge in [0.2, 0.25) is 4.96 Å². The van der Waals surface area contributed by atoms with Gasteiger partial charge in [-0.05, 0) is 43.2 Å². The third-order valence-electron chi connectivity index (χ3n) is 5.18. The highest BCUT2D eigenvalue weighted by Gasteiger charge is 2.23. The van der Waals surface area contributed by atoms with E-state index in [9.17, 15) is 0 Å². The van der Waals surface area contributed by atoms with Gasteiger partial charge in [0.05, 0.1) is 18.5 Å². The highest BCUT2D eigenvalue weighted by Crippen LogP contribution is 2.34. The van der Waals surface area contributed by atoms with Crippen molar-refractivity contribution in [2.75, 3.05) is 7.11 Å². The van der Waals surface area contributed by atoms with E-state index in [0.717, 1.165) is 38.5 Å². The molecule has 1 saturated carbocycles. The van der Waals surface area contributed by atoms with Gasteiger partial charge in [-0.1, -0.05) is 30.6 Å². The molecule has 1 aliphatic carbocycles. The van der Waals surface area contributed by atoms with Crippen LogP contribution in [0.15, 0.2) is 30.3 Å². The summed E-state index contributed by atoms with van der Waals surface area (Å²) in [6, 6.07) is 9.89. The van der Waals surface area contributed by atoms with Crippen LogP contribution in [0.5, 0.6) is 5.75 Å². The highest BCUT2D eigenvalue weighted by atomic mass is 32.1. The molecule has 0 aliphatic heterocycles. The van der Waals surface area contributed by atoms with Crippen molar-refractivity contribution >= 4 is 16.3 Å². The van der Waals surface area contributed by atoms with E-state index in [2.05, 4.69) is 20.4 Å². The molecule has 0 radical (unpaired) electrons. The Morgan fingerprint density at radius 1 is 1.11 bits per heavy atom. The Kier molecular flexibility index (Phi) is 4.12. The van der Waals surface area contributed by atoms with Crippen molar-refractivity contribution in [3.05, 3.63) is 36.2 Å². The average Bonchev–Trinajstić information content (AvgIpc) is 3.44. The van der Waals surface area contributed by atoms with Crippen LogP contribution in [0.4, 0.5) is 0 Å². The van der Waals surface area contributed by atoms with Gasteiger partial charge in [0.1, 0.15) is 5.75 Å². The van der Waals surface area contributed by atoms with E-state index < -0.39 is 0 Å². The number of fused-ring (bicyclic) bond motifs is 1. The Balaban J connectivity index is 1.45. The maximum Gasteiger partial charge on any atom is 0.235 e. The number of hydrogen-bond acceptors (Lipinski definition) is 6. The molecule has 0 bridgehead atoms. The van der Waals surface area contributed by atoms with Gasteiger partial charge >= 0.3 is 0 Å². The monoisotopic (exact) mass is 380 g/mol. The average molecular weight is 380 g/mol. The number of methoxy groups -OCH3 is 1. The first kappa shape index (κ1) is 16.4. The molecular weight excluding hydrogens is 360 g/mol. The molecule has 138 valence electrons. The zero-order chi connectivity index (χ0) is 18.2. The van der Waals surface area contributed by atoms with Crippen molar-refractivity contribution in [3.8, 4) is 27.7 Å². The lowest BCUT2D eigenvalue weighted by Gasteiger charge is -2.18. The summed E-state index contributed by atoms with van der Waals surface area (Å²) in [6.45, 7) is 0. The number of aromatic nitrogens is 6. The van der Waals surface area contributed by atoms with Crippen LogP contribution in [0.1, 0.15) is 43.8 Å². The lowest BCUT2D eigenvalue weighted by atomic mass is 9.89. The lowest BCUT2D eigenvalue weighted by molar-refractivity contribution is 0.415. The molecule has 0 amide bonds. The van der Waals surface area contributed by atoms with Crippen LogP contribution in [0, 0.1) is 0 Å². The first-order valence-corrected chi connectivity index (χ1v) is 10.1. The summed E-state index contributed by atoms with van der Waals surface area (Å²) in [5, 5.41) is 21.9. The number of benzene rings is 1. The summed E-state index contributed by atoms with van der Waals surface area (Å²) in [7, 11) is 1.66. The molecular formula is C19H20N6OS. The minimum Gasteiger partial charge on any atom is -0.497 e. The predicted octanol–water partition coefficient (Wildman–Crippen LogP) is 4.30. The molecule has 0 atom stereocenters. The quantitative estimate of drug-likeness (QED) is 0.571. The fourth-order valence-corrected chi connectivity index (χ4v) is 4.51. The van der Waals surface area contributed by atoms with Gasteiger partial charge in [0.25, 0.3) is 0 Å². The molecule has 1 N–H and O–H groups in total. The SMILES string of the molecule is COc1ccc(-c2cc(-c3nn4c(C5CCCCC5)nnc4s3)[nH]n2)cc1. The third-order valence-corrected chi connectivity index (χ3v) is 6.11. The predicted molar refractivity (Wildman–Crippen MR) is 104 cm³/mol. The molecule has 5 rings (SSSR count). The summed E-state index contributed by atoms with van der Waals surface area (Å²) in [6.07, 6.45) is 6.21. The number of nitrogens with zero attached hydrogens (tertiary/aromatic N) is 5. The Hall–Kier alpha value is -2.74. The number of ether oxygens (including phenoxy) is 1. The third kappa shape index (κ3) is 2.99. The summed E-state index contributed by atoms with van der Waals surface area (Å²) < 4.78 is 7.13. The fourth-order valence-electron chi connectivity index (χ4n) is 3.70. The molecule has 0 saturated heterocycles. The normalized spacial score (nSPS) is 15.4. The Morgan fingerprint density at radius 2 is 1.93 bits per heavy atom. The number of aromatic amines is 1. The van der Waals surface area contributed by atoms with Gasteiger partial charge in [-0.25, -0.2) is 0 Å². The maximum absolute atomic E-state index is 5.21. The second-order valence-corrected chi connectivity index (χ2v) is 7.85. The Morgan fingerprint density at radius 3 is 2.70 bits per heavy atom. The minimum absolute atomic E-state index is 0.473. The van der Waals surface area contributed by atoms with Crippen molar-refractivity contribution in [3.63, 3.8) is 0 Å². The van der Waals surface area contributed by atoms with Gasteiger partial charge in [-0.2, -0.15) is 14.7 Å². The first-order chi connectivity index (χ1) is 13.3. The fraction of sp³-hybridized carbons (Fsp3) is 0.368. The van der Waals surface area contributed by atoms with Crippen LogP contribution >= 0.6 is 11.3 Å². The van der Waals surface area contributed by atoms with E-state index in [4.69, 9.17) is 9.84 Å². The summed E-state index contributed by atoms with van der Waals surface area (Å²) in [5.74, 6) is 2.31. The molecule has 1 aliphatic rings. The zero-order valence-electron chi connectivity index (χ0n) is 15.1. The van der Waals surface area contributed by atoms with Crippen LogP contribution in [0.3, 0.4) is 0 Å². The molecule has 0 unspecified atom stereocenters. The molecule has 4 aromatic rings. The second-order valence-electron chi connectivity index (χ2n) is 6.89. The van der Waals surface area contributed by atoms with Crippen LogP contribution < -0.4 is 4.74 Å². The van der Waals surface area contributed by atoms with Crippen molar-refractivity contribution in [2.45, 2.75) is 38.0 Å². The molecule has 1 fully saturated rings. The van der Waals surface area contributed by atoms with E-state index in [-0.39, 0.29) is 0 Å². The Bertz CT molecular complexity index is 1060. The summed E-state index contributed by atoms with van der Waals surface area (Å²) in [4.78, 5) is 0.839. The van der Waals surface area contributed by atoms with E-state index >= 15 is 0 Å². The van der Waals surface area contributed by atoms with Gasteiger partial charge in [0, 0.05) is 11.5 Å². The number of H-pyrrole nitrogens is 1. The number of nitrogens with one attached hydrogen (secondary N) is 1. The zero-order valence-corrected chi connectivity index (χ0v) is 15.9. The van der Waals surface area contributed by atoms with Gasteiger partial charge in [0.15, 0.2) is 10.8 Å². The second kappa shape index (κ2) is 6.77. The van der Waals surface area contributed by atoms with Crippen molar-refractivity contribution in [1.29, 1.82) is 0 Å². The summed E-state index contributed by atoms with van der Waals surface area (Å²) >= 11 is 1.54. The smallest absolute Gasteiger partial charge is 0.235 e. The first-order valence-electron chi connectivity index (χ1n) is 9.24. The van der Waals surface area contributed by atoms with Crippen LogP contribution in [0.25, 0.3) is 26.9 Å². The van der Waals surface area contributed by atoms with E-state index in [1.165, 1.54) is 43.4 Å². The van der Waals surface area contributed by atoms with Crippen LogP contribution in [0.2, 0.25) is 0 Å². The van der Waals surface area contributed by atoms with Crippen molar-refractivity contribution in [2.24, 2.45) is 0 Å². The maximum atomic E-state index is 5.21. The minimum atomic E-state index is 0.473. The molecule has 1 aromatic carbocycles. The van der Waals surface area contributed by atoms with Gasteiger partial charge in [-0.3, -0.25) is 5.10 Å². The Labute approximate surface area is 160 Å². The molecule has 27 heavy (non-hydrogen) atoms. The molecule has 7 nitrogen and oxygen atoms in total. The van der Waals surface area contributed by atoms with Crippen LogP contribution in [-0.4, -0.2) is 37.1 Å². The van der Waals surface area contributed by atoms with Gasteiger partial charge < -0.3 is 4.74 Å². The molecule has 3 heterocycles. The van der Waals surface area contributed by atoms with Crippen molar-refractivity contribution in [1.82, 2.24) is 30.0 Å². The van der Waals surface area contributed by atoms with E-state index in [1.807, 2.05) is 34.8 Å². The van der Waals surface area contributed by atoms with E-state index in [0.29, 0.717) is 5.92 Å². The van der Waals surface area contributed by atoms with Gasteiger partial charge in [-0.15, -0.1) is 10.2 Å². The van der Waals surface area contributed by atoms with Crippen molar-refractivity contribution < 1.29 is 4.74 Å². The standard InChI is InChI=1S/C19H20N6OS/c1-26-14-9-7-12(8-10-14)15-11-16(21-20-15)18-24-25-17(22-23-19(25)27-18)13-5-3-2-4-6-13/h7-11,13H,2-6H2,1H3,(H,20,21). The lowest BCUT2D eigenvalue weighted by Crippen LogP contribution is -2.09. The molecule has 3 aromatic heterocycles.